The number of nitrogens with one attached hydrogen (secondary N) is 1. The first-order valence-corrected chi connectivity index (χ1v) is 8.93. The lowest BCUT2D eigenvalue weighted by Gasteiger charge is -2.26. The van der Waals surface area contributed by atoms with E-state index in [4.69, 9.17) is 16.3 Å². The molecule has 1 amide bonds. The van der Waals surface area contributed by atoms with Gasteiger partial charge in [0, 0.05) is 35.8 Å². The molecule has 0 bridgehead atoms. The summed E-state index contributed by atoms with van der Waals surface area (Å²) < 4.78 is 5.21. The maximum Gasteiger partial charge on any atom is 0.254 e. The molecule has 0 saturated carbocycles. The van der Waals surface area contributed by atoms with Crippen molar-refractivity contribution < 1.29 is 9.53 Å². The summed E-state index contributed by atoms with van der Waals surface area (Å²) in [5, 5.41) is 1.84. The van der Waals surface area contributed by atoms with Crippen molar-refractivity contribution in [1.29, 1.82) is 0 Å². The first kappa shape index (κ1) is 16.7. The van der Waals surface area contributed by atoms with E-state index in [1.165, 1.54) is 5.57 Å². The van der Waals surface area contributed by atoms with Crippen molar-refractivity contribution in [3.8, 4) is 5.75 Å². The standard InChI is InChI=1S/C21H19ClN2O2/c1-26-16-5-2-4-15(12-16)21(25)24-10-8-14(9-11-24)18-13-23-20-17(18)6-3-7-19(20)22/h2-8,12-13,23H,9-11H2,1H3. The number of aromatic amines is 1. The predicted molar refractivity (Wildman–Crippen MR) is 105 cm³/mol. The third kappa shape index (κ3) is 2.97. The molecule has 1 aliphatic heterocycles. The number of carbonyl (C=O) groups excluding carboxylic acids is 1. The van der Waals surface area contributed by atoms with Crippen molar-refractivity contribution in [2.24, 2.45) is 0 Å². The molecule has 2 aromatic carbocycles. The fourth-order valence-corrected chi connectivity index (χ4v) is 3.65. The molecule has 0 saturated heterocycles. The Bertz CT molecular complexity index is 1010. The van der Waals surface area contributed by atoms with E-state index in [9.17, 15) is 4.79 Å². The molecule has 0 radical (unpaired) electrons. The molecule has 5 heteroatoms. The van der Waals surface area contributed by atoms with Crippen LogP contribution in [0.1, 0.15) is 22.3 Å². The number of halogens is 1. The summed E-state index contributed by atoms with van der Waals surface area (Å²) in [7, 11) is 1.60. The molecule has 0 spiro atoms. The average Bonchev–Trinajstić information content (AvgIpc) is 3.13. The maximum absolute atomic E-state index is 12.7. The number of rotatable bonds is 3. The number of ether oxygens (including phenoxy) is 1. The first-order chi connectivity index (χ1) is 12.7. The summed E-state index contributed by atoms with van der Waals surface area (Å²) in [4.78, 5) is 17.9. The minimum Gasteiger partial charge on any atom is -0.497 e. The fourth-order valence-electron chi connectivity index (χ4n) is 3.42. The highest BCUT2D eigenvalue weighted by Gasteiger charge is 2.21. The van der Waals surface area contributed by atoms with Gasteiger partial charge in [-0.1, -0.05) is 35.9 Å². The number of benzene rings is 2. The molecule has 0 atom stereocenters. The summed E-state index contributed by atoms with van der Waals surface area (Å²) in [5.74, 6) is 0.723. The van der Waals surface area contributed by atoms with Crippen molar-refractivity contribution in [3.05, 3.63) is 70.9 Å². The van der Waals surface area contributed by atoms with Gasteiger partial charge in [0.1, 0.15) is 5.75 Å². The minimum absolute atomic E-state index is 0.0289. The van der Waals surface area contributed by atoms with Gasteiger partial charge < -0.3 is 14.6 Å². The molecule has 132 valence electrons. The van der Waals surface area contributed by atoms with Crippen LogP contribution in [0.4, 0.5) is 0 Å². The number of fused-ring (bicyclic) bond motifs is 1. The second-order valence-corrected chi connectivity index (χ2v) is 6.73. The molecule has 0 unspecified atom stereocenters. The van der Waals surface area contributed by atoms with Gasteiger partial charge in [0.15, 0.2) is 0 Å². The second kappa shape index (κ2) is 6.89. The normalized spacial score (nSPS) is 14.4. The van der Waals surface area contributed by atoms with Crippen LogP contribution >= 0.6 is 11.6 Å². The van der Waals surface area contributed by atoms with Crippen LogP contribution < -0.4 is 4.74 Å². The highest BCUT2D eigenvalue weighted by Crippen LogP contribution is 2.32. The van der Waals surface area contributed by atoms with E-state index in [-0.39, 0.29) is 5.91 Å². The van der Waals surface area contributed by atoms with Gasteiger partial charge >= 0.3 is 0 Å². The molecule has 4 nitrogen and oxygen atoms in total. The van der Waals surface area contributed by atoms with E-state index < -0.39 is 0 Å². The molecular weight excluding hydrogens is 348 g/mol. The Kier molecular flexibility index (Phi) is 4.43. The highest BCUT2D eigenvalue weighted by atomic mass is 35.5. The van der Waals surface area contributed by atoms with Crippen LogP contribution in [0.15, 0.2) is 54.7 Å². The summed E-state index contributed by atoms with van der Waals surface area (Å²) in [6.07, 6.45) is 4.95. The van der Waals surface area contributed by atoms with Crippen molar-refractivity contribution in [2.45, 2.75) is 6.42 Å². The lowest BCUT2D eigenvalue weighted by molar-refractivity contribution is 0.0772. The smallest absolute Gasteiger partial charge is 0.254 e. The molecule has 0 fully saturated rings. The van der Waals surface area contributed by atoms with Crippen LogP contribution in [0.5, 0.6) is 5.75 Å². The predicted octanol–water partition coefficient (Wildman–Crippen LogP) is 4.76. The Morgan fingerprint density at radius 2 is 2.08 bits per heavy atom. The second-order valence-electron chi connectivity index (χ2n) is 6.33. The monoisotopic (exact) mass is 366 g/mol. The number of methoxy groups -OCH3 is 1. The lowest BCUT2D eigenvalue weighted by atomic mass is 9.98. The number of nitrogens with zero attached hydrogens (tertiary/aromatic N) is 1. The number of H-pyrrole nitrogens is 1. The molecule has 2 heterocycles. The van der Waals surface area contributed by atoms with Gasteiger partial charge in [-0.05, 0) is 36.3 Å². The Hall–Kier alpha value is -2.72. The van der Waals surface area contributed by atoms with Gasteiger partial charge in [-0.3, -0.25) is 4.79 Å². The molecule has 1 N–H and O–H groups in total. The third-order valence-electron chi connectivity index (χ3n) is 4.82. The Balaban J connectivity index is 1.56. The topological polar surface area (TPSA) is 45.3 Å². The highest BCUT2D eigenvalue weighted by molar-refractivity contribution is 6.35. The quantitative estimate of drug-likeness (QED) is 0.726. The van der Waals surface area contributed by atoms with E-state index in [1.54, 1.807) is 13.2 Å². The maximum atomic E-state index is 12.7. The van der Waals surface area contributed by atoms with Crippen molar-refractivity contribution in [2.75, 3.05) is 20.2 Å². The lowest BCUT2D eigenvalue weighted by Crippen LogP contribution is -2.34. The van der Waals surface area contributed by atoms with E-state index in [0.29, 0.717) is 24.4 Å². The van der Waals surface area contributed by atoms with Crippen molar-refractivity contribution in [1.82, 2.24) is 9.88 Å². The summed E-state index contributed by atoms with van der Waals surface area (Å²) in [6, 6.07) is 13.2. The molecule has 26 heavy (non-hydrogen) atoms. The average molecular weight is 367 g/mol. The van der Waals surface area contributed by atoms with Gasteiger partial charge in [0.05, 0.1) is 17.6 Å². The third-order valence-corrected chi connectivity index (χ3v) is 5.14. The number of hydrogen-bond acceptors (Lipinski definition) is 2. The van der Waals surface area contributed by atoms with Crippen LogP contribution in [-0.2, 0) is 0 Å². The summed E-state index contributed by atoms with van der Waals surface area (Å²) >= 11 is 6.25. The van der Waals surface area contributed by atoms with Crippen LogP contribution in [0.2, 0.25) is 5.02 Å². The van der Waals surface area contributed by atoms with Crippen molar-refractivity contribution >= 4 is 34.0 Å². The number of hydrogen-bond donors (Lipinski definition) is 1. The molecule has 1 aromatic heterocycles. The SMILES string of the molecule is COc1cccc(C(=O)N2CC=C(c3c[nH]c4c(Cl)cccc34)CC2)c1. The Morgan fingerprint density at radius 3 is 2.85 bits per heavy atom. The number of para-hydroxylation sites is 1. The zero-order chi connectivity index (χ0) is 18.1. The number of aromatic nitrogens is 1. The Labute approximate surface area is 157 Å². The van der Waals surface area contributed by atoms with Gasteiger partial charge in [0.25, 0.3) is 5.91 Å². The Morgan fingerprint density at radius 1 is 1.23 bits per heavy atom. The van der Waals surface area contributed by atoms with E-state index in [0.717, 1.165) is 27.9 Å². The van der Waals surface area contributed by atoms with Gasteiger partial charge in [-0.25, -0.2) is 0 Å². The van der Waals surface area contributed by atoms with Gasteiger partial charge in [-0.2, -0.15) is 0 Å². The van der Waals surface area contributed by atoms with Gasteiger partial charge in [-0.15, -0.1) is 0 Å². The molecule has 3 aromatic rings. The zero-order valence-electron chi connectivity index (χ0n) is 14.5. The minimum atomic E-state index is 0.0289. The molecule has 1 aliphatic rings. The summed E-state index contributed by atoms with van der Waals surface area (Å²) in [5.41, 5.74) is 4.02. The van der Waals surface area contributed by atoms with Crippen LogP contribution in [0.25, 0.3) is 16.5 Å². The first-order valence-electron chi connectivity index (χ1n) is 8.55. The van der Waals surface area contributed by atoms with E-state index in [2.05, 4.69) is 17.1 Å². The van der Waals surface area contributed by atoms with Crippen molar-refractivity contribution in [3.63, 3.8) is 0 Å². The zero-order valence-corrected chi connectivity index (χ0v) is 15.2. The molecule has 0 aliphatic carbocycles. The number of carbonyl (C=O) groups is 1. The molecule has 4 rings (SSSR count). The van der Waals surface area contributed by atoms with E-state index in [1.807, 2.05) is 41.4 Å². The van der Waals surface area contributed by atoms with Gasteiger partial charge in [0.2, 0.25) is 0 Å². The van der Waals surface area contributed by atoms with Crippen LogP contribution in [0.3, 0.4) is 0 Å². The van der Waals surface area contributed by atoms with Crippen LogP contribution in [-0.4, -0.2) is 36.0 Å². The van der Waals surface area contributed by atoms with E-state index >= 15 is 0 Å². The summed E-state index contributed by atoms with van der Waals surface area (Å²) in [6.45, 7) is 1.29. The molecular formula is C21H19ClN2O2. The fraction of sp³-hybridized carbons (Fsp3) is 0.190. The number of amides is 1. The van der Waals surface area contributed by atoms with Crippen LogP contribution in [0, 0.1) is 0 Å². The largest absolute Gasteiger partial charge is 0.497 e.